The van der Waals surface area contributed by atoms with E-state index in [0.29, 0.717) is 35.3 Å². The van der Waals surface area contributed by atoms with Crippen LogP contribution < -0.4 is 20.1 Å². The fourth-order valence-corrected chi connectivity index (χ4v) is 3.32. The summed E-state index contributed by atoms with van der Waals surface area (Å²) in [6, 6.07) is 10.1. The molecular formula is C22H25ClN2O4. The summed E-state index contributed by atoms with van der Waals surface area (Å²) in [5.74, 6) is 0.487. The van der Waals surface area contributed by atoms with Gasteiger partial charge in [-0.2, -0.15) is 0 Å². The first-order valence-corrected chi connectivity index (χ1v) is 9.96. The number of rotatable bonds is 6. The predicted molar refractivity (Wildman–Crippen MR) is 112 cm³/mol. The second kappa shape index (κ2) is 9.18. The van der Waals surface area contributed by atoms with E-state index in [1.807, 2.05) is 32.9 Å². The fraction of sp³-hybridized carbons (Fsp3) is 0.364. The summed E-state index contributed by atoms with van der Waals surface area (Å²) in [6.07, 6.45) is 0. The van der Waals surface area contributed by atoms with Crippen molar-refractivity contribution in [3.63, 3.8) is 0 Å². The zero-order chi connectivity index (χ0) is 21.0. The van der Waals surface area contributed by atoms with Gasteiger partial charge in [-0.15, -0.1) is 0 Å². The van der Waals surface area contributed by atoms with Crippen molar-refractivity contribution in [2.45, 2.75) is 33.4 Å². The van der Waals surface area contributed by atoms with Crippen molar-refractivity contribution in [2.24, 2.45) is 5.92 Å². The van der Waals surface area contributed by atoms with Crippen LogP contribution in [0.1, 0.15) is 35.3 Å². The Kier molecular flexibility index (Phi) is 6.64. The van der Waals surface area contributed by atoms with Crippen LogP contribution >= 0.6 is 11.6 Å². The molecule has 7 heteroatoms. The van der Waals surface area contributed by atoms with Crippen molar-refractivity contribution in [3.05, 3.63) is 58.1 Å². The number of aryl methyl sites for hydroxylation is 1. The number of amides is 2. The molecule has 0 radical (unpaired) electrons. The number of fused-ring (bicyclic) bond motifs is 1. The maximum absolute atomic E-state index is 12.7. The van der Waals surface area contributed by atoms with Crippen molar-refractivity contribution in [1.29, 1.82) is 0 Å². The Morgan fingerprint density at radius 1 is 1.10 bits per heavy atom. The second-order valence-electron chi connectivity index (χ2n) is 7.38. The van der Waals surface area contributed by atoms with Crippen LogP contribution in [0.25, 0.3) is 0 Å². The van der Waals surface area contributed by atoms with Crippen LogP contribution in [-0.2, 0) is 11.3 Å². The molecule has 1 unspecified atom stereocenters. The van der Waals surface area contributed by atoms with Gasteiger partial charge in [0.05, 0.1) is 5.02 Å². The molecule has 1 heterocycles. The van der Waals surface area contributed by atoms with E-state index in [9.17, 15) is 9.59 Å². The topological polar surface area (TPSA) is 76.7 Å². The highest BCUT2D eigenvalue weighted by atomic mass is 35.5. The van der Waals surface area contributed by atoms with Crippen LogP contribution in [0.4, 0.5) is 0 Å². The monoisotopic (exact) mass is 416 g/mol. The van der Waals surface area contributed by atoms with E-state index in [0.717, 1.165) is 11.1 Å². The number of benzene rings is 2. The minimum absolute atomic E-state index is 0.0757. The first kappa shape index (κ1) is 21.0. The number of carbonyl (C=O) groups excluding carboxylic acids is 2. The Labute approximate surface area is 175 Å². The Morgan fingerprint density at radius 2 is 1.79 bits per heavy atom. The van der Waals surface area contributed by atoms with Gasteiger partial charge < -0.3 is 20.1 Å². The third kappa shape index (κ3) is 5.21. The Morgan fingerprint density at radius 3 is 2.48 bits per heavy atom. The maximum atomic E-state index is 12.7. The standard InChI is InChI=1S/C22H25ClN2O4/c1-13(2)19(25-21(26)16-6-4-14(3)5-7-16)22(27)24-12-15-10-17(23)20-18(11-15)28-8-9-29-20/h4-7,10-11,13,19H,8-9,12H2,1-3H3,(H,24,27)(H,25,26). The average Bonchev–Trinajstić information content (AvgIpc) is 2.70. The molecule has 0 aromatic heterocycles. The van der Waals surface area contributed by atoms with Gasteiger partial charge in [-0.1, -0.05) is 43.1 Å². The molecule has 0 saturated carbocycles. The molecule has 2 aromatic rings. The van der Waals surface area contributed by atoms with Crippen LogP contribution in [0.3, 0.4) is 0 Å². The highest BCUT2D eigenvalue weighted by Crippen LogP contribution is 2.38. The number of carbonyl (C=O) groups is 2. The summed E-state index contributed by atoms with van der Waals surface area (Å²) in [5.41, 5.74) is 2.38. The van der Waals surface area contributed by atoms with E-state index in [2.05, 4.69) is 10.6 Å². The third-order valence-electron chi connectivity index (χ3n) is 4.67. The molecule has 2 N–H and O–H groups in total. The van der Waals surface area contributed by atoms with Gasteiger partial charge in [0.1, 0.15) is 19.3 Å². The molecule has 0 bridgehead atoms. The molecular weight excluding hydrogens is 392 g/mol. The quantitative estimate of drug-likeness (QED) is 0.755. The lowest BCUT2D eigenvalue weighted by atomic mass is 10.0. The SMILES string of the molecule is Cc1ccc(C(=O)NC(C(=O)NCc2cc(Cl)c3c(c2)OCCO3)C(C)C)cc1. The molecule has 2 amide bonds. The van der Waals surface area contributed by atoms with Crippen LogP contribution in [0.5, 0.6) is 11.5 Å². The highest BCUT2D eigenvalue weighted by Gasteiger charge is 2.25. The fourth-order valence-electron chi connectivity index (χ4n) is 3.03. The van der Waals surface area contributed by atoms with Crippen molar-refractivity contribution in [1.82, 2.24) is 10.6 Å². The van der Waals surface area contributed by atoms with Gasteiger partial charge in [-0.25, -0.2) is 0 Å². The van der Waals surface area contributed by atoms with Crippen molar-refractivity contribution in [2.75, 3.05) is 13.2 Å². The van der Waals surface area contributed by atoms with Gasteiger partial charge in [0, 0.05) is 12.1 Å². The molecule has 0 saturated heterocycles. The molecule has 29 heavy (non-hydrogen) atoms. The van der Waals surface area contributed by atoms with E-state index in [1.54, 1.807) is 24.3 Å². The first-order chi connectivity index (χ1) is 13.8. The molecule has 0 spiro atoms. The van der Waals surface area contributed by atoms with Crippen LogP contribution in [0.15, 0.2) is 36.4 Å². The van der Waals surface area contributed by atoms with Crippen LogP contribution in [0, 0.1) is 12.8 Å². The van der Waals surface area contributed by atoms with Gasteiger partial charge >= 0.3 is 0 Å². The zero-order valence-electron chi connectivity index (χ0n) is 16.8. The Balaban J connectivity index is 1.65. The minimum atomic E-state index is -0.656. The van der Waals surface area contributed by atoms with Gasteiger partial charge in [0.25, 0.3) is 5.91 Å². The lowest BCUT2D eigenvalue weighted by Crippen LogP contribution is -2.49. The minimum Gasteiger partial charge on any atom is -0.486 e. The van der Waals surface area contributed by atoms with Crippen molar-refractivity contribution in [3.8, 4) is 11.5 Å². The molecule has 0 fully saturated rings. The molecule has 1 atom stereocenters. The number of ether oxygens (including phenoxy) is 2. The van der Waals surface area contributed by atoms with E-state index >= 15 is 0 Å². The summed E-state index contributed by atoms with van der Waals surface area (Å²) in [7, 11) is 0. The van der Waals surface area contributed by atoms with Crippen LogP contribution in [0.2, 0.25) is 5.02 Å². The molecule has 1 aliphatic rings. The number of nitrogens with one attached hydrogen (secondary N) is 2. The number of halogens is 1. The molecule has 1 aliphatic heterocycles. The van der Waals surface area contributed by atoms with Crippen LogP contribution in [-0.4, -0.2) is 31.1 Å². The van der Waals surface area contributed by atoms with E-state index in [4.69, 9.17) is 21.1 Å². The highest BCUT2D eigenvalue weighted by molar-refractivity contribution is 6.32. The van der Waals surface area contributed by atoms with E-state index < -0.39 is 6.04 Å². The maximum Gasteiger partial charge on any atom is 0.251 e. The smallest absolute Gasteiger partial charge is 0.251 e. The van der Waals surface area contributed by atoms with Crippen molar-refractivity contribution >= 4 is 23.4 Å². The van der Waals surface area contributed by atoms with Gasteiger partial charge in [-0.3, -0.25) is 9.59 Å². The summed E-state index contributed by atoms with van der Waals surface area (Å²) in [4.78, 5) is 25.3. The van der Waals surface area contributed by atoms with E-state index in [-0.39, 0.29) is 24.3 Å². The van der Waals surface area contributed by atoms with E-state index in [1.165, 1.54) is 0 Å². The zero-order valence-corrected chi connectivity index (χ0v) is 17.5. The molecule has 3 rings (SSSR count). The van der Waals surface area contributed by atoms with Gasteiger partial charge in [-0.05, 0) is 42.7 Å². The molecule has 2 aromatic carbocycles. The van der Waals surface area contributed by atoms with Gasteiger partial charge in [0.2, 0.25) is 5.91 Å². The second-order valence-corrected chi connectivity index (χ2v) is 7.79. The molecule has 6 nitrogen and oxygen atoms in total. The Hall–Kier alpha value is -2.73. The predicted octanol–water partition coefficient (Wildman–Crippen LogP) is 3.49. The average molecular weight is 417 g/mol. The summed E-state index contributed by atoms with van der Waals surface area (Å²) >= 11 is 6.25. The summed E-state index contributed by atoms with van der Waals surface area (Å²) in [6.45, 7) is 6.91. The first-order valence-electron chi connectivity index (χ1n) is 9.58. The summed E-state index contributed by atoms with van der Waals surface area (Å²) < 4.78 is 11.1. The molecule has 154 valence electrons. The normalized spacial score (nSPS) is 13.7. The third-order valence-corrected chi connectivity index (χ3v) is 4.95. The number of hydrogen-bond donors (Lipinski definition) is 2. The lowest BCUT2D eigenvalue weighted by molar-refractivity contribution is -0.124. The lowest BCUT2D eigenvalue weighted by Gasteiger charge is -2.23. The summed E-state index contributed by atoms with van der Waals surface area (Å²) in [5, 5.41) is 6.14. The molecule has 0 aliphatic carbocycles. The van der Waals surface area contributed by atoms with Crippen molar-refractivity contribution < 1.29 is 19.1 Å². The number of hydrogen-bond acceptors (Lipinski definition) is 4. The largest absolute Gasteiger partial charge is 0.486 e. The Bertz CT molecular complexity index is 896. The van der Waals surface area contributed by atoms with Gasteiger partial charge in [0.15, 0.2) is 11.5 Å².